The van der Waals surface area contributed by atoms with E-state index in [0.717, 1.165) is 9.87 Å². The SMILES string of the molecule is CCOc1ccc(N(CC(=O)N(Cc2ccccc2)[C@H](C)C(=O)NC)S(=O)(=O)c2ccc(Cl)cc2)cc1. The summed E-state index contributed by atoms with van der Waals surface area (Å²) >= 11 is 5.97. The molecule has 0 aromatic heterocycles. The molecule has 196 valence electrons. The molecule has 3 aromatic rings. The lowest BCUT2D eigenvalue weighted by Gasteiger charge is -2.31. The average molecular weight is 544 g/mol. The summed E-state index contributed by atoms with van der Waals surface area (Å²) < 4.78 is 34.0. The van der Waals surface area contributed by atoms with Crippen LogP contribution in [0.15, 0.2) is 83.8 Å². The van der Waals surface area contributed by atoms with Gasteiger partial charge in [0.05, 0.1) is 17.2 Å². The molecule has 8 nitrogen and oxygen atoms in total. The van der Waals surface area contributed by atoms with E-state index in [1.807, 2.05) is 37.3 Å². The highest BCUT2D eigenvalue weighted by atomic mass is 35.5. The van der Waals surface area contributed by atoms with Gasteiger partial charge in [0, 0.05) is 18.6 Å². The van der Waals surface area contributed by atoms with E-state index in [0.29, 0.717) is 17.4 Å². The number of ether oxygens (including phenoxy) is 1. The van der Waals surface area contributed by atoms with Crippen molar-refractivity contribution in [2.24, 2.45) is 0 Å². The third-order valence-corrected chi connectivity index (χ3v) is 7.77. The molecule has 37 heavy (non-hydrogen) atoms. The first-order valence-electron chi connectivity index (χ1n) is 11.7. The average Bonchev–Trinajstić information content (AvgIpc) is 2.91. The van der Waals surface area contributed by atoms with Gasteiger partial charge in [0.2, 0.25) is 11.8 Å². The van der Waals surface area contributed by atoms with Crippen LogP contribution in [0, 0.1) is 0 Å². The summed E-state index contributed by atoms with van der Waals surface area (Å²) in [5, 5.41) is 2.94. The third-order valence-electron chi connectivity index (χ3n) is 5.73. The predicted molar refractivity (Wildman–Crippen MR) is 144 cm³/mol. The molecule has 10 heteroatoms. The number of likely N-dealkylation sites (N-methyl/N-ethyl adjacent to an activating group) is 1. The molecule has 1 N–H and O–H groups in total. The Morgan fingerprint density at radius 1 is 0.973 bits per heavy atom. The lowest BCUT2D eigenvalue weighted by atomic mass is 10.1. The summed E-state index contributed by atoms with van der Waals surface area (Å²) in [6.07, 6.45) is 0. The van der Waals surface area contributed by atoms with Crippen LogP contribution in [0.4, 0.5) is 5.69 Å². The minimum Gasteiger partial charge on any atom is -0.494 e. The summed E-state index contributed by atoms with van der Waals surface area (Å²) in [4.78, 5) is 27.5. The van der Waals surface area contributed by atoms with Crippen LogP contribution in [-0.2, 0) is 26.2 Å². The number of halogens is 1. The number of carbonyl (C=O) groups is 2. The van der Waals surface area contributed by atoms with Crippen LogP contribution in [0.25, 0.3) is 0 Å². The van der Waals surface area contributed by atoms with Gasteiger partial charge in [-0.15, -0.1) is 0 Å². The lowest BCUT2D eigenvalue weighted by molar-refractivity contribution is -0.139. The lowest BCUT2D eigenvalue weighted by Crippen LogP contribution is -2.50. The van der Waals surface area contributed by atoms with Gasteiger partial charge in [-0.25, -0.2) is 8.42 Å². The normalized spacial score (nSPS) is 11.9. The van der Waals surface area contributed by atoms with Crippen LogP contribution in [0.1, 0.15) is 19.4 Å². The zero-order valence-electron chi connectivity index (χ0n) is 20.9. The molecule has 1 atom stereocenters. The smallest absolute Gasteiger partial charge is 0.264 e. The minimum atomic E-state index is -4.16. The molecule has 0 aliphatic rings. The van der Waals surface area contributed by atoms with Crippen molar-refractivity contribution in [3.05, 3.63) is 89.4 Å². The van der Waals surface area contributed by atoms with E-state index in [9.17, 15) is 18.0 Å². The van der Waals surface area contributed by atoms with Gasteiger partial charge in [-0.2, -0.15) is 0 Å². The van der Waals surface area contributed by atoms with Gasteiger partial charge in [-0.3, -0.25) is 13.9 Å². The van der Waals surface area contributed by atoms with Crippen molar-refractivity contribution >= 4 is 39.1 Å². The van der Waals surface area contributed by atoms with E-state index in [1.165, 1.54) is 36.2 Å². The number of amides is 2. The van der Waals surface area contributed by atoms with Crippen LogP contribution in [-0.4, -0.2) is 51.4 Å². The number of rotatable bonds is 11. The van der Waals surface area contributed by atoms with Gasteiger partial charge in [0.1, 0.15) is 18.3 Å². The number of nitrogens with zero attached hydrogens (tertiary/aromatic N) is 2. The van der Waals surface area contributed by atoms with Crippen molar-refractivity contribution in [1.82, 2.24) is 10.2 Å². The van der Waals surface area contributed by atoms with Crippen LogP contribution in [0.5, 0.6) is 5.75 Å². The molecule has 0 spiro atoms. The second kappa shape index (κ2) is 12.6. The van der Waals surface area contributed by atoms with Crippen LogP contribution in [0.2, 0.25) is 5.02 Å². The molecule has 0 aliphatic carbocycles. The number of hydrogen-bond acceptors (Lipinski definition) is 5. The Labute approximate surface area is 222 Å². The van der Waals surface area contributed by atoms with Crippen LogP contribution in [0.3, 0.4) is 0 Å². The van der Waals surface area contributed by atoms with Gasteiger partial charge in [-0.1, -0.05) is 41.9 Å². The summed E-state index contributed by atoms with van der Waals surface area (Å²) in [5.41, 5.74) is 1.08. The van der Waals surface area contributed by atoms with Gasteiger partial charge >= 0.3 is 0 Å². The molecule has 0 unspecified atom stereocenters. The Kier molecular flexibility index (Phi) is 9.54. The fourth-order valence-electron chi connectivity index (χ4n) is 3.71. The Bertz CT molecular complexity index is 1300. The van der Waals surface area contributed by atoms with Gasteiger partial charge < -0.3 is 15.0 Å². The zero-order valence-corrected chi connectivity index (χ0v) is 22.5. The molecule has 0 bridgehead atoms. The van der Waals surface area contributed by atoms with Gasteiger partial charge in [0.25, 0.3) is 10.0 Å². The molecule has 0 saturated heterocycles. The molecule has 0 fully saturated rings. The number of hydrogen-bond donors (Lipinski definition) is 1. The maximum atomic E-state index is 13.7. The van der Waals surface area contributed by atoms with Crippen molar-refractivity contribution in [3.63, 3.8) is 0 Å². The Balaban J connectivity index is 2.02. The van der Waals surface area contributed by atoms with E-state index in [4.69, 9.17) is 16.3 Å². The summed E-state index contributed by atoms with van der Waals surface area (Å²) in [5.74, 6) is -0.329. The maximum Gasteiger partial charge on any atom is 0.264 e. The first-order valence-corrected chi connectivity index (χ1v) is 13.5. The highest BCUT2D eigenvalue weighted by Crippen LogP contribution is 2.27. The first-order chi connectivity index (χ1) is 17.7. The van der Waals surface area contributed by atoms with E-state index < -0.39 is 28.5 Å². The maximum absolute atomic E-state index is 13.7. The van der Waals surface area contributed by atoms with Crippen LogP contribution < -0.4 is 14.4 Å². The second-order valence-corrected chi connectivity index (χ2v) is 10.5. The first kappa shape index (κ1) is 28.0. The van der Waals surface area contributed by atoms with Gasteiger partial charge in [0.15, 0.2) is 0 Å². The quantitative estimate of drug-likeness (QED) is 0.393. The molecule has 2 amide bonds. The number of benzene rings is 3. The van der Waals surface area contributed by atoms with E-state index in [-0.39, 0.29) is 23.0 Å². The number of anilines is 1. The van der Waals surface area contributed by atoms with E-state index in [1.54, 1.807) is 31.2 Å². The van der Waals surface area contributed by atoms with Crippen LogP contribution >= 0.6 is 11.6 Å². The summed E-state index contributed by atoms with van der Waals surface area (Å²) in [7, 11) is -2.68. The fourth-order valence-corrected chi connectivity index (χ4v) is 5.25. The largest absolute Gasteiger partial charge is 0.494 e. The number of carbonyl (C=O) groups excluding carboxylic acids is 2. The molecule has 0 heterocycles. The van der Waals surface area contributed by atoms with E-state index in [2.05, 4.69) is 5.32 Å². The third kappa shape index (κ3) is 7.02. The topological polar surface area (TPSA) is 96.0 Å². The highest BCUT2D eigenvalue weighted by molar-refractivity contribution is 7.92. The second-order valence-electron chi connectivity index (χ2n) is 8.19. The molecule has 3 rings (SSSR count). The van der Waals surface area contributed by atoms with Crippen molar-refractivity contribution in [2.45, 2.75) is 31.3 Å². The molecule has 0 aliphatic heterocycles. The van der Waals surface area contributed by atoms with E-state index >= 15 is 0 Å². The van der Waals surface area contributed by atoms with Gasteiger partial charge in [-0.05, 0) is 67.9 Å². The number of nitrogens with one attached hydrogen (secondary N) is 1. The Morgan fingerprint density at radius 2 is 1.59 bits per heavy atom. The molecular formula is C27H30ClN3O5S. The van der Waals surface area contributed by atoms with Crippen molar-refractivity contribution in [3.8, 4) is 5.75 Å². The van der Waals surface area contributed by atoms with Crippen molar-refractivity contribution in [1.29, 1.82) is 0 Å². The van der Waals surface area contributed by atoms with Crippen molar-refractivity contribution in [2.75, 3.05) is 24.5 Å². The monoisotopic (exact) mass is 543 g/mol. The Hall–Kier alpha value is -3.56. The predicted octanol–water partition coefficient (Wildman–Crippen LogP) is 4.10. The molecular weight excluding hydrogens is 514 g/mol. The minimum absolute atomic E-state index is 0.0208. The fraction of sp³-hybridized carbons (Fsp3) is 0.259. The molecule has 3 aromatic carbocycles. The standard InChI is InChI=1S/C27H30ClN3O5S/c1-4-36-24-14-12-23(13-15-24)31(37(34,35)25-16-10-22(28)11-17-25)19-26(32)30(20(2)27(33)29-3)18-21-8-6-5-7-9-21/h5-17,20H,4,18-19H2,1-3H3,(H,29,33)/t20-/m1/s1. The summed E-state index contributed by atoms with van der Waals surface area (Å²) in [6.45, 7) is 3.52. The Morgan fingerprint density at radius 3 is 2.16 bits per heavy atom. The van der Waals surface area contributed by atoms with Crippen molar-refractivity contribution < 1.29 is 22.7 Å². The summed E-state index contributed by atoms with van der Waals surface area (Å²) in [6, 6.07) is 20.5. The molecule has 0 saturated carbocycles. The highest BCUT2D eigenvalue weighted by Gasteiger charge is 2.32. The number of sulfonamides is 1. The molecule has 0 radical (unpaired) electrons. The zero-order chi connectivity index (χ0) is 27.0.